The van der Waals surface area contributed by atoms with Crippen molar-refractivity contribution in [1.82, 2.24) is 9.97 Å². The van der Waals surface area contributed by atoms with E-state index in [9.17, 15) is 4.79 Å². The van der Waals surface area contributed by atoms with Crippen LogP contribution in [0.2, 0.25) is 0 Å². The van der Waals surface area contributed by atoms with Gasteiger partial charge >= 0.3 is 5.97 Å². The Morgan fingerprint density at radius 2 is 2.19 bits per heavy atom. The number of anilines is 2. The van der Waals surface area contributed by atoms with Crippen molar-refractivity contribution in [3.63, 3.8) is 0 Å². The van der Waals surface area contributed by atoms with E-state index in [2.05, 4.69) is 15.3 Å². The number of carbonyl (C=O) groups is 1. The van der Waals surface area contributed by atoms with Gasteiger partial charge in [0.2, 0.25) is 0 Å². The van der Waals surface area contributed by atoms with Crippen LogP contribution in [0.25, 0.3) is 0 Å². The zero-order valence-corrected chi connectivity index (χ0v) is 12.1. The number of carbonyl (C=O) groups excluding carboxylic acids is 1. The van der Waals surface area contributed by atoms with E-state index < -0.39 is 0 Å². The molecule has 0 bridgehead atoms. The summed E-state index contributed by atoms with van der Waals surface area (Å²) in [5.74, 6) is 0.348. The third-order valence-corrected chi connectivity index (χ3v) is 2.86. The maximum Gasteiger partial charge on any atom is 0.338 e. The van der Waals surface area contributed by atoms with E-state index in [-0.39, 0.29) is 5.97 Å². The van der Waals surface area contributed by atoms with Gasteiger partial charge in [0.25, 0.3) is 0 Å². The second kappa shape index (κ2) is 6.69. The first-order valence-corrected chi connectivity index (χ1v) is 6.69. The lowest BCUT2D eigenvalue weighted by Crippen LogP contribution is -2.08. The highest BCUT2D eigenvalue weighted by Gasteiger charge is 2.09. The van der Waals surface area contributed by atoms with Gasteiger partial charge in [-0.05, 0) is 38.1 Å². The predicted molar refractivity (Wildman–Crippen MR) is 80.9 cm³/mol. The molecule has 0 radical (unpaired) electrons. The molecule has 0 aliphatic carbocycles. The number of hydrogen-bond acceptors (Lipinski definition) is 6. The zero-order chi connectivity index (χ0) is 15.2. The molecular formula is C15H18N4O2. The summed E-state index contributed by atoms with van der Waals surface area (Å²) in [5.41, 5.74) is 8.47. The number of nitrogen functional groups attached to an aromatic ring is 1. The summed E-state index contributed by atoms with van der Waals surface area (Å²) in [6.07, 6.45) is 1.71. The van der Waals surface area contributed by atoms with Crippen LogP contribution in [0.4, 0.5) is 11.4 Å². The minimum Gasteiger partial charge on any atom is -0.462 e. The van der Waals surface area contributed by atoms with E-state index in [0.29, 0.717) is 35.9 Å². The van der Waals surface area contributed by atoms with E-state index in [0.717, 1.165) is 5.69 Å². The Morgan fingerprint density at radius 1 is 1.38 bits per heavy atom. The molecule has 0 atom stereocenters. The summed E-state index contributed by atoms with van der Waals surface area (Å²) in [5, 5.41) is 3.17. The molecule has 0 unspecified atom stereocenters. The first-order valence-electron chi connectivity index (χ1n) is 6.69. The summed E-state index contributed by atoms with van der Waals surface area (Å²) in [4.78, 5) is 20.1. The lowest BCUT2D eigenvalue weighted by Gasteiger charge is -2.11. The molecule has 2 aromatic rings. The average Bonchev–Trinajstić information content (AvgIpc) is 2.46. The van der Waals surface area contributed by atoms with Crippen LogP contribution in [-0.2, 0) is 11.3 Å². The van der Waals surface area contributed by atoms with Gasteiger partial charge in [-0.3, -0.25) is 0 Å². The summed E-state index contributed by atoms with van der Waals surface area (Å²) in [6, 6.07) is 6.83. The van der Waals surface area contributed by atoms with Gasteiger partial charge in [0.1, 0.15) is 5.82 Å². The number of benzene rings is 1. The fourth-order valence-corrected chi connectivity index (χ4v) is 1.84. The van der Waals surface area contributed by atoms with Crippen LogP contribution >= 0.6 is 0 Å². The molecule has 6 heteroatoms. The van der Waals surface area contributed by atoms with Gasteiger partial charge in [-0.1, -0.05) is 0 Å². The first kappa shape index (κ1) is 14.8. The van der Waals surface area contributed by atoms with Crippen LogP contribution in [0, 0.1) is 6.92 Å². The molecule has 0 fully saturated rings. The van der Waals surface area contributed by atoms with Gasteiger partial charge in [-0.15, -0.1) is 0 Å². The molecule has 2 rings (SSSR count). The number of aromatic nitrogens is 2. The van der Waals surface area contributed by atoms with Crippen molar-refractivity contribution in [2.45, 2.75) is 20.4 Å². The number of ether oxygens (including phenoxy) is 1. The SMILES string of the molecule is CCOC(=O)c1ccc(N)c(NCc2ccnc(C)n2)c1. The highest BCUT2D eigenvalue weighted by molar-refractivity contribution is 5.92. The van der Waals surface area contributed by atoms with Crippen LogP contribution in [0.1, 0.15) is 28.8 Å². The number of aryl methyl sites for hydroxylation is 1. The van der Waals surface area contributed by atoms with Crippen LogP contribution in [0.15, 0.2) is 30.5 Å². The molecule has 6 nitrogen and oxygen atoms in total. The molecular weight excluding hydrogens is 268 g/mol. The Bertz CT molecular complexity index is 643. The largest absolute Gasteiger partial charge is 0.462 e. The second-order valence-corrected chi connectivity index (χ2v) is 4.47. The number of hydrogen-bond donors (Lipinski definition) is 2. The highest BCUT2D eigenvalue weighted by Crippen LogP contribution is 2.21. The minimum atomic E-state index is -0.363. The third-order valence-electron chi connectivity index (χ3n) is 2.86. The van der Waals surface area contributed by atoms with Gasteiger partial charge in [-0.2, -0.15) is 0 Å². The van der Waals surface area contributed by atoms with Crippen molar-refractivity contribution in [2.75, 3.05) is 17.7 Å². The average molecular weight is 286 g/mol. The molecule has 0 amide bonds. The van der Waals surface area contributed by atoms with Crippen molar-refractivity contribution in [1.29, 1.82) is 0 Å². The Labute approximate surface area is 123 Å². The van der Waals surface area contributed by atoms with Crippen molar-refractivity contribution >= 4 is 17.3 Å². The monoisotopic (exact) mass is 286 g/mol. The molecule has 0 aliphatic heterocycles. The van der Waals surface area contributed by atoms with Gasteiger partial charge in [0.15, 0.2) is 0 Å². The van der Waals surface area contributed by atoms with E-state index in [1.54, 1.807) is 31.3 Å². The van der Waals surface area contributed by atoms with Crippen molar-refractivity contribution in [3.05, 3.63) is 47.5 Å². The Kier molecular flexibility index (Phi) is 4.71. The lowest BCUT2D eigenvalue weighted by molar-refractivity contribution is 0.0526. The second-order valence-electron chi connectivity index (χ2n) is 4.47. The summed E-state index contributed by atoms with van der Waals surface area (Å²) < 4.78 is 4.97. The Hall–Kier alpha value is -2.63. The zero-order valence-electron chi connectivity index (χ0n) is 12.1. The van der Waals surface area contributed by atoms with Crippen molar-refractivity contribution in [2.24, 2.45) is 0 Å². The standard InChI is InChI=1S/C15H18N4O2/c1-3-21-15(20)11-4-5-13(16)14(8-11)18-9-12-6-7-17-10(2)19-12/h4-8,18H,3,9,16H2,1-2H3. The normalized spacial score (nSPS) is 10.2. The van der Waals surface area contributed by atoms with Crippen molar-refractivity contribution in [3.8, 4) is 0 Å². The van der Waals surface area contributed by atoms with Crippen LogP contribution in [0.5, 0.6) is 0 Å². The summed E-state index contributed by atoms with van der Waals surface area (Å²) in [7, 11) is 0. The Morgan fingerprint density at radius 3 is 2.90 bits per heavy atom. The molecule has 3 N–H and O–H groups in total. The van der Waals surface area contributed by atoms with Crippen molar-refractivity contribution < 1.29 is 9.53 Å². The highest BCUT2D eigenvalue weighted by atomic mass is 16.5. The summed E-state index contributed by atoms with van der Waals surface area (Å²) in [6.45, 7) is 4.44. The van der Waals surface area contributed by atoms with Gasteiger partial charge in [0.05, 0.1) is 35.8 Å². The summed E-state index contributed by atoms with van der Waals surface area (Å²) >= 11 is 0. The first-order chi connectivity index (χ1) is 10.1. The number of nitrogens with zero attached hydrogens (tertiary/aromatic N) is 2. The minimum absolute atomic E-state index is 0.339. The van der Waals surface area contributed by atoms with E-state index >= 15 is 0 Å². The molecule has 1 aromatic heterocycles. The predicted octanol–water partition coefficient (Wildman–Crippen LogP) is 2.16. The van der Waals surface area contributed by atoms with Gasteiger partial charge in [0, 0.05) is 6.20 Å². The molecule has 0 spiro atoms. The molecule has 0 saturated carbocycles. The smallest absolute Gasteiger partial charge is 0.338 e. The third kappa shape index (κ3) is 3.92. The van der Waals surface area contributed by atoms with Crippen LogP contribution < -0.4 is 11.1 Å². The fourth-order valence-electron chi connectivity index (χ4n) is 1.84. The van der Waals surface area contributed by atoms with Crippen LogP contribution in [0.3, 0.4) is 0 Å². The molecule has 0 saturated heterocycles. The van der Waals surface area contributed by atoms with E-state index in [1.807, 2.05) is 13.0 Å². The number of nitrogens with two attached hydrogens (primary N) is 1. The molecule has 1 heterocycles. The molecule has 0 aliphatic rings. The topological polar surface area (TPSA) is 90.1 Å². The molecule has 1 aromatic carbocycles. The van der Waals surface area contributed by atoms with Crippen LogP contribution in [-0.4, -0.2) is 22.5 Å². The van der Waals surface area contributed by atoms with E-state index in [4.69, 9.17) is 10.5 Å². The van der Waals surface area contributed by atoms with Gasteiger partial charge < -0.3 is 15.8 Å². The number of nitrogens with one attached hydrogen (secondary N) is 1. The fraction of sp³-hybridized carbons (Fsp3) is 0.267. The molecule has 110 valence electrons. The lowest BCUT2D eigenvalue weighted by atomic mass is 10.1. The number of esters is 1. The maximum atomic E-state index is 11.7. The van der Waals surface area contributed by atoms with Gasteiger partial charge in [-0.25, -0.2) is 14.8 Å². The maximum absolute atomic E-state index is 11.7. The Balaban J connectivity index is 2.12. The quantitative estimate of drug-likeness (QED) is 0.646. The van der Waals surface area contributed by atoms with E-state index in [1.165, 1.54) is 0 Å². The number of rotatable bonds is 5. The molecule has 21 heavy (non-hydrogen) atoms.